The predicted octanol–water partition coefficient (Wildman–Crippen LogP) is 1.73. The van der Waals surface area contributed by atoms with E-state index in [0.29, 0.717) is 6.07 Å². The minimum atomic E-state index is -4.34. The monoisotopic (exact) mass is 210 g/mol. The van der Waals surface area contributed by atoms with Crippen LogP contribution in [-0.2, 0) is 10.1 Å². The van der Waals surface area contributed by atoms with Crippen LogP contribution in [0.25, 0.3) is 0 Å². The summed E-state index contributed by atoms with van der Waals surface area (Å²) in [6.45, 7) is 0. The number of hydrogen-bond donors (Lipinski definition) is 1. The van der Waals surface area contributed by atoms with Crippen molar-refractivity contribution in [3.8, 4) is 0 Å². The molecule has 0 bridgehead atoms. The third-order valence-corrected chi connectivity index (χ3v) is 2.35. The van der Waals surface area contributed by atoms with Crippen molar-refractivity contribution < 1.29 is 17.4 Å². The van der Waals surface area contributed by atoms with Crippen LogP contribution in [0.5, 0.6) is 0 Å². The van der Waals surface area contributed by atoms with Gasteiger partial charge >= 0.3 is 0 Å². The van der Waals surface area contributed by atoms with Gasteiger partial charge in [-0.05, 0) is 18.2 Å². The fourth-order valence-corrected chi connectivity index (χ4v) is 1.25. The molecule has 6 heteroatoms. The summed E-state index contributed by atoms with van der Waals surface area (Å²) < 4.78 is 42.0. The zero-order valence-electron chi connectivity index (χ0n) is 5.66. The summed E-state index contributed by atoms with van der Waals surface area (Å²) in [6.07, 6.45) is 0. The first-order valence-electron chi connectivity index (χ1n) is 2.84. The normalized spacial score (nSPS) is 11.6. The Kier molecular flexibility index (Phi) is 2.36. The molecular weight excluding hydrogens is 207 g/mol. The fraction of sp³-hybridized carbons (Fsp3) is 0. The first-order valence-corrected chi connectivity index (χ1v) is 4.65. The number of hydrogen-bond acceptors (Lipinski definition) is 2. The molecule has 0 aliphatic rings. The average molecular weight is 211 g/mol. The molecule has 1 rings (SSSR count). The second kappa shape index (κ2) is 3.01. The molecule has 1 N–H and O–H groups in total. The summed E-state index contributed by atoms with van der Waals surface area (Å²) in [5.74, 6) is -0.883. The largest absolute Gasteiger partial charge is 0.294 e. The predicted molar refractivity (Wildman–Crippen MR) is 41.2 cm³/mol. The number of rotatable bonds is 1. The summed E-state index contributed by atoms with van der Waals surface area (Å²) >= 11 is 5.28. The Morgan fingerprint density at radius 3 is 2.42 bits per heavy atom. The van der Waals surface area contributed by atoms with Crippen molar-refractivity contribution in [3.63, 3.8) is 0 Å². The maximum atomic E-state index is 12.6. The van der Waals surface area contributed by atoms with E-state index in [-0.39, 0.29) is 5.02 Å². The standard InChI is InChI=1S/C6H4ClFO3S/c7-5-2-1-4(3-6(5)8)12(9,10)11/h1-3H,(H,9,10,11). The summed E-state index contributed by atoms with van der Waals surface area (Å²) in [6, 6.07) is 2.72. The molecule has 0 spiro atoms. The quantitative estimate of drug-likeness (QED) is 0.719. The molecule has 1 aromatic carbocycles. The molecule has 66 valence electrons. The second-order valence-electron chi connectivity index (χ2n) is 2.05. The van der Waals surface area contributed by atoms with Gasteiger partial charge in [-0.2, -0.15) is 8.42 Å². The highest BCUT2D eigenvalue weighted by molar-refractivity contribution is 7.85. The van der Waals surface area contributed by atoms with Crippen LogP contribution in [0.1, 0.15) is 0 Å². The van der Waals surface area contributed by atoms with Crippen LogP contribution in [0.15, 0.2) is 23.1 Å². The molecule has 0 heterocycles. The van der Waals surface area contributed by atoms with E-state index in [1.54, 1.807) is 0 Å². The van der Waals surface area contributed by atoms with Gasteiger partial charge in [0, 0.05) is 0 Å². The first kappa shape index (κ1) is 9.44. The lowest BCUT2D eigenvalue weighted by molar-refractivity contribution is 0.482. The summed E-state index contributed by atoms with van der Waals surface area (Å²) in [4.78, 5) is -0.510. The molecule has 0 aliphatic heterocycles. The average Bonchev–Trinajstić information content (AvgIpc) is 1.92. The smallest absolute Gasteiger partial charge is 0.282 e. The van der Waals surface area contributed by atoms with Crippen LogP contribution in [0.3, 0.4) is 0 Å². The molecule has 0 aliphatic carbocycles. The van der Waals surface area contributed by atoms with Gasteiger partial charge in [0.2, 0.25) is 0 Å². The zero-order chi connectivity index (χ0) is 9.35. The Labute approximate surface area is 73.5 Å². The maximum Gasteiger partial charge on any atom is 0.294 e. The lowest BCUT2D eigenvalue weighted by atomic mass is 10.3. The van der Waals surface area contributed by atoms with E-state index in [0.717, 1.165) is 12.1 Å². The van der Waals surface area contributed by atoms with Gasteiger partial charge in [-0.15, -0.1) is 0 Å². The third-order valence-electron chi connectivity index (χ3n) is 1.19. The first-order chi connectivity index (χ1) is 5.41. The SMILES string of the molecule is O=S(=O)(O)c1ccc(Cl)c(F)c1. The van der Waals surface area contributed by atoms with E-state index in [4.69, 9.17) is 16.2 Å². The Hall–Kier alpha value is -0.650. The summed E-state index contributed by atoms with van der Waals surface area (Å²) in [5, 5.41) is -0.192. The van der Waals surface area contributed by atoms with Crippen LogP contribution in [0, 0.1) is 5.82 Å². The molecule has 0 atom stereocenters. The maximum absolute atomic E-state index is 12.6. The highest BCUT2D eigenvalue weighted by atomic mass is 35.5. The van der Waals surface area contributed by atoms with Gasteiger partial charge in [0.05, 0.1) is 9.92 Å². The van der Waals surface area contributed by atoms with E-state index in [2.05, 4.69) is 0 Å². The number of halogens is 2. The molecule has 0 saturated carbocycles. The Morgan fingerprint density at radius 1 is 1.42 bits per heavy atom. The minimum Gasteiger partial charge on any atom is -0.282 e. The van der Waals surface area contributed by atoms with E-state index >= 15 is 0 Å². The molecule has 0 saturated heterocycles. The van der Waals surface area contributed by atoms with Crippen LogP contribution in [0.4, 0.5) is 4.39 Å². The summed E-state index contributed by atoms with van der Waals surface area (Å²) in [5.41, 5.74) is 0. The van der Waals surface area contributed by atoms with Crippen LogP contribution < -0.4 is 0 Å². The molecular formula is C6H4ClFO3S. The van der Waals surface area contributed by atoms with Gasteiger partial charge < -0.3 is 0 Å². The van der Waals surface area contributed by atoms with Crippen molar-refractivity contribution in [2.24, 2.45) is 0 Å². The second-order valence-corrected chi connectivity index (χ2v) is 3.88. The van der Waals surface area contributed by atoms with E-state index in [1.165, 1.54) is 0 Å². The van der Waals surface area contributed by atoms with Crippen LogP contribution >= 0.6 is 11.6 Å². The van der Waals surface area contributed by atoms with Crippen molar-refractivity contribution >= 4 is 21.7 Å². The Balaban J connectivity index is 3.33. The van der Waals surface area contributed by atoms with Crippen LogP contribution in [0.2, 0.25) is 5.02 Å². The molecule has 12 heavy (non-hydrogen) atoms. The molecule has 0 radical (unpaired) electrons. The molecule has 0 aromatic heterocycles. The Bertz CT molecular complexity index is 401. The van der Waals surface area contributed by atoms with Gasteiger partial charge in [0.25, 0.3) is 10.1 Å². The van der Waals surface area contributed by atoms with Crippen molar-refractivity contribution in [2.45, 2.75) is 4.90 Å². The Morgan fingerprint density at radius 2 is 2.00 bits per heavy atom. The highest BCUT2D eigenvalue weighted by Gasteiger charge is 2.11. The molecule has 0 amide bonds. The van der Waals surface area contributed by atoms with Crippen molar-refractivity contribution in [3.05, 3.63) is 29.0 Å². The van der Waals surface area contributed by atoms with Gasteiger partial charge in [-0.1, -0.05) is 11.6 Å². The van der Waals surface area contributed by atoms with Gasteiger partial charge in [-0.3, -0.25) is 4.55 Å². The van der Waals surface area contributed by atoms with Gasteiger partial charge in [-0.25, -0.2) is 4.39 Å². The molecule has 3 nitrogen and oxygen atoms in total. The minimum absolute atomic E-state index is 0.192. The fourth-order valence-electron chi connectivity index (χ4n) is 0.637. The van der Waals surface area contributed by atoms with Gasteiger partial charge in [0.1, 0.15) is 5.82 Å². The van der Waals surface area contributed by atoms with Crippen molar-refractivity contribution in [2.75, 3.05) is 0 Å². The van der Waals surface area contributed by atoms with E-state index < -0.39 is 20.8 Å². The molecule has 0 fully saturated rings. The number of benzene rings is 1. The lowest BCUT2D eigenvalue weighted by Gasteiger charge is -1.97. The molecule has 1 aromatic rings. The summed E-state index contributed by atoms with van der Waals surface area (Å²) in [7, 11) is -4.34. The lowest BCUT2D eigenvalue weighted by Crippen LogP contribution is -1.98. The van der Waals surface area contributed by atoms with Crippen molar-refractivity contribution in [1.82, 2.24) is 0 Å². The van der Waals surface area contributed by atoms with E-state index in [1.807, 2.05) is 0 Å². The van der Waals surface area contributed by atoms with Gasteiger partial charge in [0.15, 0.2) is 0 Å². The third kappa shape index (κ3) is 1.94. The molecule has 0 unspecified atom stereocenters. The topological polar surface area (TPSA) is 54.4 Å². The van der Waals surface area contributed by atoms with E-state index in [9.17, 15) is 12.8 Å². The van der Waals surface area contributed by atoms with Crippen molar-refractivity contribution in [1.29, 1.82) is 0 Å². The van der Waals surface area contributed by atoms with Crippen LogP contribution in [-0.4, -0.2) is 13.0 Å². The highest BCUT2D eigenvalue weighted by Crippen LogP contribution is 2.18. The zero-order valence-corrected chi connectivity index (χ0v) is 7.23.